The Morgan fingerprint density at radius 1 is 0.545 bits per heavy atom. The lowest BCUT2D eigenvalue weighted by molar-refractivity contribution is 0.148. The molecular weight excluding hydrogens is 272 g/mol. The largest absolute Gasteiger partial charge is 0.396 e. The zero-order valence-corrected chi connectivity index (χ0v) is 15.2. The summed E-state index contributed by atoms with van der Waals surface area (Å²) in [5.74, 6) is 0. The minimum atomic E-state index is -0.0441. The Morgan fingerprint density at radius 3 is 1.32 bits per heavy atom. The molecule has 0 spiro atoms. The summed E-state index contributed by atoms with van der Waals surface area (Å²) >= 11 is 0. The summed E-state index contributed by atoms with van der Waals surface area (Å²) < 4.78 is 0. The molecule has 0 heterocycles. The van der Waals surface area contributed by atoms with E-state index in [9.17, 15) is 5.11 Å². The lowest BCUT2D eigenvalue weighted by atomic mass is 10.0. The molecule has 0 aliphatic rings. The number of hydrogen-bond donors (Lipinski definition) is 2. The fourth-order valence-electron chi connectivity index (χ4n) is 3.02. The molecule has 22 heavy (non-hydrogen) atoms. The van der Waals surface area contributed by atoms with Crippen LogP contribution in [0.15, 0.2) is 0 Å². The van der Waals surface area contributed by atoms with Crippen LogP contribution in [-0.4, -0.2) is 22.9 Å². The SMILES string of the molecule is CCCCC(O)CCCCCCCCCCCCCCCO. The Labute approximate surface area is 139 Å². The highest BCUT2D eigenvalue weighted by Gasteiger charge is 2.02. The van der Waals surface area contributed by atoms with E-state index in [1.54, 1.807) is 0 Å². The van der Waals surface area contributed by atoms with Crippen molar-refractivity contribution in [3.8, 4) is 0 Å². The van der Waals surface area contributed by atoms with Crippen molar-refractivity contribution < 1.29 is 10.2 Å². The second-order valence-corrected chi connectivity index (χ2v) is 6.90. The van der Waals surface area contributed by atoms with Gasteiger partial charge in [0.2, 0.25) is 0 Å². The van der Waals surface area contributed by atoms with E-state index in [1.165, 1.54) is 89.9 Å². The van der Waals surface area contributed by atoms with Crippen LogP contribution in [-0.2, 0) is 0 Å². The molecule has 1 unspecified atom stereocenters. The summed E-state index contributed by atoms with van der Waals surface area (Å²) in [6, 6.07) is 0. The summed E-state index contributed by atoms with van der Waals surface area (Å²) in [6.45, 7) is 2.54. The fraction of sp³-hybridized carbons (Fsp3) is 1.00. The molecule has 2 N–H and O–H groups in total. The van der Waals surface area contributed by atoms with E-state index >= 15 is 0 Å². The standard InChI is InChI=1S/C20H42O2/c1-2-3-17-20(22)18-15-13-11-9-7-5-4-6-8-10-12-14-16-19-21/h20-22H,2-19H2,1H3. The van der Waals surface area contributed by atoms with E-state index < -0.39 is 0 Å². The first-order chi connectivity index (χ1) is 10.8. The highest BCUT2D eigenvalue weighted by molar-refractivity contribution is 4.56. The lowest BCUT2D eigenvalue weighted by Crippen LogP contribution is -2.05. The lowest BCUT2D eigenvalue weighted by Gasteiger charge is -2.09. The first-order valence-electron chi connectivity index (χ1n) is 10.1. The Kier molecular flexibility index (Phi) is 18.9. The van der Waals surface area contributed by atoms with Gasteiger partial charge < -0.3 is 10.2 Å². The summed E-state index contributed by atoms with van der Waals surface area (Å²) in [5.41, 5.74) is 0. The van der Waals surface area contributed by atoms with Gasteiger partial charge in [-0.25, -0.2) is 0 Å². The average Bonchev–Trinajstić information content (AvgIpc) is 2.53. The van der Waals surface area contributed by atoms with E-state index in [0.717, 1.165) is 19.3 Å². The predicted octanol–water partition coefficient (Wildman–Crippen LogP) is 5.99. The van der Waals surface area contributed by atoms with Crippen molar-refractivity contribution in [2.75, 3.05) is 6.61 Å². The van der Waals surface area contributed by atoms with Crippen molar-refractivity contribution in [1.29, 1.82) is 0 Å². The smallest absolute Gasteiger partial charge is 0.0540 e. The molecule has 134 valence electrons. The van der Waals surface area contributed by atoms with Crippen LogP contribution in [0.2, 0.25) is 0 Å². The fourth-order valence-corrected chi connectivity index (χ4v) is 3.02. The maximum absolute atomic E-state index is 9.76. The second kappa shape index (κ2) is 19.0. The van der Waals surface area contributed by atoms with Gasteiger partial charge in [0.05, 0.1) is 6.10 Å². The molecule has 1 atom stereocenters. The van der Waals surface area contributed by atoms with Crippen LogP contribution in [0.25, 0.3) is 0 Å². The van der Waals surface area contributed by atoms with Crippen molar-refractivity contribution in [1.82, 2.24) is 0 Å². The number of hydrogen-bond acceptors (Lipinski definition) is 2. The van der Waals surface area contributed by atoms with Crippen LogP contribution in [0.5, 0.6) is 0 Å². The zero-order chi connectivity index (χ0) is 16.3. The molecule has 0 aromatic heterocycles. The topological polar surface area (TPSA) is 40.5 Å². The van der Waals surface area contributed by atoms with Gasteiger partial charge in [-0.3, -0.25) is 0 Å². The molecule has 2 nitrogen and oxygen atoms in total. The third-order valence-corrected chi connectivity index (χ3v) is 4.59. The van der Waals surface area contributed by atoms with Crippen LogP contribution in [0.3, 0.4) is 0 Å². The van der Waals surface area contributed by atoms with Crippen LogP contribution in [0, 0.1) is 0 Å². The molecule has 0 aliphatic carbocycles. The van der Waals surface area contributed by atoms with E-state index in [2.05, 4.69) is 6.92 Å². The predicted molar refractivity (Wildman–Crippen MR) is 97.3 cm³/mol. The molecule has 0 aromatic rings. The van der Waals surface area contributed by atoms with Crippen molar-refractivity contribution in [2.45, 2.75) is 122 Å². The number of aliphatic hydroxyl groups excluding tert-OH is 2. The minimum Gasteiger partial charge on any atom is -0.396 e. The first kappa shape index (κ1) is 21.9. The molecule has 0 saturated carbocycles. The zero-order valence-electron chi connectivity index (χ0n) is 15.2. The first-order valence-corrected chi connectivity index (χ1v) is 10.1. The van der Waals surface area contributed by atoms with E-state index in [1.807, 2.05) is 0 Å². The normalized spacial score (nSPS) is 12.7. The Bertz CT molecular complexity index is 194. The summed E-state index contributed by atoms with van der Waals surface area (Å²) in [4.78, 5) is 0. The third kappa shape index (κ3) is 18.0. The van der Waals surface area contributed by atoms with Gasteiger partial charge >= 0.3 is 0 Å². The molecule has 0 fully saturated rings. The molecule has 0 aromatic carbocycles. The van der Waals surface area contributed by atoms with Crippen molar-refractivity contribution >= 4 is 0 Å². The highest BCUT2D eigenvalue weighted by Crippen LogP contribution is 2.14. The minimum absolute atomic E-state index is 0.0441. The highest BCUT2D eigenvalue weighted by atomic mass is 16.3. The quantitative estimate of drug-likeness (QED) is 0.305. The second-order valence-electron chi connectivity index (χ2n) is 6.90. The van der Waals surface area contributed by atoms with Crippen LogP contribution < -0.4 is 0 Å². The Morgan fingerprint density at radius 2 is 0.909 bits per heavy atom. The number of rotatable bonds is 18. The van der Waals surface area contributed by atoms with Crippen molar-refractivity contribution in [2.24, 2.45) is 0 Å². The monoisotopic (exact) mass is 314 g/mol. The van der Waals surface area contributed by atoms with Gasteiger partial charge in [0.1, 0.15) is 0 Å². The summed E-state index contributed by atoms with van der Waals surface area (Å²) in [5, 5.41) is 18.5. The van der Waals surface area contributed by atoms with Gasteiger partial charge in [0.15, 0.2) is 0 Å². The summed E-state index contributed by atoms with van der Waals surface area (Å²) in [7, 11) is 0. The Balaban J connectivity index is 3.02. The van der Waals surface area contributed by atoms with Gasteiger partial charge in [0, 0.05) is 6.61 Å². The molecule has 0 radical (unpaired) electrons. The van der Waals surface area contributed by atoms with Gasteiger partial charge in [-0.05, 0) is 19.3 Å². The Hall–Kier alpha value is -0.0800. The van der Waals surface area contributed by atoms with Crippen LogP contribution in [0.4, 0.5) is 0 Å². The molecule has 0 bridgehead atoms. The van der Waals surface area contributed by atoms with E-state index in [4.69, 9.17) is 5.11 Å². The van der Waals surface area contributed by atoms with Gasteiger partial charge in [-0.15, -0.1) is 0 Å². The molecular formula is C20H42O2. The average molecular weight is 315 g/mol. The molecule has 2 heteroatoms. The van der Waals surface area contributed by atoms with E-state index in [0.29, 0.717) is 6.61 Å². The molecule has 0 rings (SSSR count). The summed E-state index contributed by atoms with van der Waals surface area (Å²) in [6.07, 6.45) is 21.3. The third-order valence-electron chi connectivity index (χ3n) is 4.59. The molecule has 0 saturated heterocycles. The van der Waals surface area contributed by atoms with Gasteiger partial charge in [0.25, 0.3) is 0 Å². The van der Waals surface area contributed by atoms with Crippen molar-refractivity contribution in [3.63, 3.8) is 0 Å². The number of aliphatic hydroxyl groups is 2. The number of unbranched alkanes of at least 4 members (excludes halogenated alkanes) is 13. The van der Waals surface area contributed by atoms with E-state index in [-0.39, 0.29) is 6.10 Å². The maximum Gasteiger partial charge on any atom is 0.0540 e. The van der Waals surface area contributed by atoms with Crippen LogP contribution in [0.1, 0.15) is 116 Å². The van der Waals surface area contributed by atoms with Gasteiger partial charge in [-0.1, -0.05) is 96.8 Å². The van der Waals surface area contributed by atoms with Crippen LogP contribution >= 0.6 is 0 Å². The van der Waals surface area contributed by atoms with Crippen molar-refractivity contribution in [3.05, 3.63) is 0 Å². The maximum atomic E-state index is 9.76. The molecule has 0 amide bonds. The van der Waals surface area contributed by atoms with Gasteiger partial charge in [-0.2, -0.15) is 0 Å². The molecule has 0 aliphatic heterocycles.